The van der Waals surface area contributed by atoms with Crippen LogP contribution in [0.15, 0.2) is 24.3 Å². The number of hydrogen-bond acceptors (Lipinski definition) is 4. The predicted molar refractivity (Wildman–Crippen MR) is 108 cm³/mol. The van der Waals surface area contributed by atoms with Crippen molar-refractivity contribution in [3.8, 4) is 5.75 Å². The van der Waals surface area contributed by atoms with E-state index in [1.54, 1.807) is 18.2 Å². The molecule has 0 heterocycles. The zero-order chi connectivity index (χ0) is 19.5. The van der Waals surface area contributed by atoms with Crippen LogP contribution < -0.4 is 26.2 Å². The molecule has 7 nitrogen and oxygen atoms in total. The number of benzene rings is 1. The van der Waals surface area contributed by atoms with E-state index in [4.69, 9.17) is 17.0 Å². The number of ether oxygens (including phenoxy) is 1. The molecule has 0 aromatic heterocycles. The fraction of sp³-hybridized carbons (Fsp3) is 0.526. The van der Waals surface area contributed by atoms with Crippen molar-refractivity contribution in [3.63, 3.8) is 0 Å². The average Bonchev–Trinajstić information content (AvgIpc) is 3.17. The first kappa shape index (κ1) is 21.0. The molecule has 8 heteroatoms. The molecule has 0 unspecified atom stereocenters. The van der Waals surface area contributed by atoms with Gasteiger partial charge in [-0.25, -0.2) is 0 Å². The first-order valence-corrected chi connectivity index (χ1v) is 9.86. The van der Waals surface area contributed by atoms with Crippen LogP contribution >= 0.6 is 12.2 Å². The Labute approximate surface area is 165 Å². The molecule has 0 saturated heterocycles. The predicted octanol–water partition coefficient (Wildman–Crippen LogP) is 2.03. The highest BCUT2D eigenvalue weighted by Crippen LogP contribution is 2.18. The second-order valence-electron chi connectivity index (χ2n) is 6.42. The highest BCUT2D eigenvalue weighted by Gasteiger charge is 2.15. The summed E-state index contributed by atoms with van der Waals surface area (Å²) >= 11 is 5.16. The van der Waals surface area contributed by atoms with Crippen molar-refractivity contribution in [2.24, 2.45) is 0 Å². The molecule has 1 aliphatic rings. The SMILES string of the molecule is CCOc1ccccc1C(=O)NCCCC(=O)NNC(=S)NC1CCCC1. The van der Waals surface area contributed by atoms with E-state index >= 15 is 0 Å². The lowest BCUT2D eigenvalue weighted by atomic mass is 10.2. The molecule has 0 spiro atoms. The van der Waals surface area contributed by atoms with Crippen molar-refractivity contribution >= 4 is 29.1 Å². The van der Waals surface area contributed by atoms with E-state index in [-0.39, 0.29) is 18.2 Å². The lowest BCUT2D eigenvalue weighted by Crippen LogP contribution is -2.49. The van der Waals surface area contributed by atoms with Gasteiger partial charge in [0.25, 0.3) is 5.91 Å². The maximum absolute atomic E-state index is 12.2. The number of rotatable bonds is 8. The van der Waals surface area contributed by atoms with Gasteiger partial charge in [-0.1, -0.05) is 25.0 Å². The minimum Gasteiger partial charge on any atom is -0.493 e. The van der Waals surface area contributed by atoms with Crippen molar-refractivity contribution < 1.29 is 14.3 Å². The summed E-state index contributed by atoms with van der Waals surface area (Å²) in [5.41, 5.74) is 5.79. The largest absolute Gasteiger partial charge is 0.493 e. The van der Waals surface area contributed by atoms with Crippen LogP contribution in [0.3, 0.4) is 0 Å². The zero-order valence-electron chi connectivity index (χ0n) is 15.7. The van der Waals surface area contributed by atoms with Crippen molar-refractivity contribution in [2.75, 3.05) is 13.2 Å². The van der Waals surface area contributed by atoms with Gasteiger partial charge in [0.15, 0.2) is 5.11 Å². The van der Waals surface area contributed by atoms with Crippen molar-refractivity contribution in [1.82, 2.24) is 21.5 Å². The molecule has 27 heavy (non-hydrogen) atoms. The van der Waals surface area contributed by atoms with Crippen LogP contribution in [-0.2, 0) is 4.79 Å². The van der Waals surface area contributed by atoms with Crippen molar-refractivity contribution in [3.05, 3.63) is 29.8 Å². The Balaban J connectivity index is 1.61. The third-order valence-corrected chi connectivity index (χ3v) is 4.52. The van der Waals surface area contributed by atoms with Gasteiger partial charge >= 0.3 is 0 Å². The van der Waals surface area contributed by atoms with E-state index in [1.807, 2.05) is 13.0 Å². The van der Waals surface area contributed by atoms with Crippen LogP contribution in [0.2, 0.25) is 0 Å². The normalized spacial score (nSPS) is 13.7. The quantitative estimate of drug-likeness (QED) is 0.307. The maximum atomic E-state index is 12.2. The molecule has 1 fully saturated rings. The number of para-hydroxylation sites is 1. The van der Waals surface area contributed by atoms with Gasteiger partial charge < -0.3 is 15.4 Å². The topological polar surface area (TPSA) is 91.5 Å². The van der Waals surface area contributed by atoms with Gasteiger partial charge in [-0.3, -0.25) is 20.4 Å². The average molecular weight is 393 g/mol. The Morgan fingerprint density at radius 2 is 1.93 bits per heavy atom. The second-order valence-corrected chi connectivity index (χ2v) is 6.82. The van der Waals surface area contributed by atoms with Crippen molar-refractivity contribution in [1.29, 1.82) is 0 Å². The van der Waals surface area contributed by atoms with E-state index in [1.165, 1.54) is 12.8 Å². The fourth-order valence-corrected chi connectivity index (χ4v) is 3.18. The summed E-state index contributed by atoms with van der Waals surface area (Å²) in [7, 11) is 0. The summed E-state index contributed by atoms with van der Waals surface area (Å²) < 4.78 is 5.45. The summed E-state index contributed by atoms with van der Waals surface area (Å²) in [6.07, 6.45) is 5.47. The minimum atomic E-state index is -0.209. The molecule has 1 aromatic rings. The molecule has 4 N–H and O–H groups in total. The molecule has 1 aromatic carbocycles. The zero-order valence-corrected chi connectivity index (χ0v) is 16.5. The molecule has 148 valence electrons. The Bertz CT molecular complexity index is 648. The minimum absolute atomic E-state index is 0.172. The number of carbonyl (C=O) groups is 2. The molecule has 2 amide bonds. The fourth-order valence-electron chi connectivity index (χ4n) is 2.96. The number of hydrazine groups is 1. The Kier molecular flexibility index (Phi) is 8.83. The van der Waals surface area contributed by atoms with Gasteiger partial charge in [0.2, 0.25) is 5.91 Å². The number of thiocarbonyl (C=S) groups is 1. The molecule has 0 atom stereocenters. The first-order chi connectivity index (χ1) is 13.1. The van der Waals surface area contributed by atoms with E-state index < -0.39 is 0 Å². The van der Waals surface area contributed by atoms with E-state index in [0.717, 1.165) is 12.8 Å². The number of amides is 2. The van der Waals surface area contributed by atoms with Crippen LogP contribution in [0.4, 0.5) is 0 Å². The number of carbonyl (C=O) groups excluding carboxylic acids is 2. The summed E-state index contributed by atoms with van der Waals surface area (Å²) in [4.78, 5) is 24.1. The summed E-state index contributed by atoms with van der Waals surface area (Å²) in [5, 5.41) is 6.44. The lowest BCUT2D eigenvalue weighted by molar-refractivity contribution is -0.121. The maximum Gasteiger partial charge on any atom is 0.255 e. The van der Waals surface area contributed by atoms with Crippen LogP contribution in [0.1, 0.15) is 55.8 Å². The monoisotopic (exact) mass is 392 g/mol. The van der Waals surface area contributed by atoms with Crippen molar-refractivity contribution in [2.45, 2.75) is 51.5 Å². The smallest absolute Gasteiger partial charge is 0.255 e. The van der Waals surface area contributed by atoms with E-state index in [9.17, 15) is 9.59 Å². The third-order valence-electron chi connectivity index (χ3n) is 4.30. The summed E-state index contributed by atoms with van der Waals surface area (Å²) in [5.74, 6) is 0.178. The van der Waals surface area contributed by atoms with Crippen LogP contribution in [0, 0.1) is 0 Å². The molecular weight excluding hydrogens is 364 g/mol. The summed E-state index contributed by atoms with van der Waals surface area (Å²) in [6.45, 7) is 2.77. The Morgan fingerprint density at radius 1 is 1.19 bits per heavy atom. The third kappa shape index (κ3) is 7.42. The standard InChI is InChI=1S/C19H28N4O3S/c1-2-26-16-11-6-5-10-15(16)18(25)20-13-7-12-17(24)22-23-19(27)21-14-8-3-4-9-14/h5-6,10-11,14H,2-4,7-9,12-13H2,1H3,(H,20,25)(H,22,24)(H2,21,23,27). The van der Waals surface area contributed by atoms with Gasteiger partial charge in [0.1, 0.15) is 5.75 Å². The van der Waals surface area contributed by atoms with Gasteiger partial charge in [0, 0.05) is 19.0 Å². The highest BCUT2D eigenvalue weighted by molar-refractivity contribution is 7.80. The van der Waals surface area contributed by atoms with Crippen LogP contribution in [0.5, 0.6) is 5.75 Å². The molecule has 0 bridgehead atoms. The molecule has 0 radical (unpaired) electrons. The second kappa shape index (κ2) is 11.4. The first-order valence-electron chi connectivity index (χ1n) is 9.45. The van der Waals surface area contributed by atoms with E-state index in [0.29, 0.717) is 42.0 Å². The van der Waals surface area contributed by atoms with Crippen LogP contribution in [0.25, 0.3) is 0 Å². The number of hydrogen-bond donors (Lipinski definition) is 4. The van der Waals surface area contributed by atoms with Gasteiger partial charge in [-0.05, 0) is 50.5 Å². The Morgan fingerprint density at radius 3 is 2.67 bits per heavy atom. The van der Waals surface area contributed by atoms with Gasteiger partial charge in [0.05, 0.1) is 12.2 Å². The lowest BCUT2D eigenvalue weighted by Gasteiger charge is -2.16. The number of nitrogens with one attached hydrogen (secondary N) is 4. The summed E-state index contributed by atoms with van der Waals surface area (Å²) in [6, 6.07) is 7.50. The molecule has 1 saturated carbocycles. The molecule has 0 aliphatic heterocycles. The molecule has 1 aliphatic carbocycles. The van der Waals surface area contributed by atoms with E-state index in [2.05, 4.69) is 21.5 Å². The van der Waals surface area contributed by atoms with Crippen LogP contribution in [-0.4, -0.2) is 36.1 Å². The highest BCUT2D eigenvalue weighted by atomic mass is 32.1. The Hall–Kier alpha value is -2.35. The molecular formula is C19H28N4O3S. The van der Waals surface area contributed by atoms with Gasteiger partial charge in [-0.2, -0.15) is 0 Å². The molecule has 2 rings (SSSR count). The van der Waals surface area contributed by atoms with Gasteiger partial charge in [-0.15, -0.1) is 0 Å².